The van der Waals surface area contributed by atoms with E-state index < -0.39 is 5.92 Å². The molecule has 1 unspecified atom stereocenters. The van der Waals surface area contributed by atoms with Crippen molar-refractivity contribution in [1.82, 2.24) is 15.6 Å². The Labute approximate surface area is 217 Å². The fourth-order valence-electron chi connectivity index (χ4n) is 4.55. The lowest BCUT2D eigenvalue weighted by Gasteiger charge is -2.31. The number of carbonyl (C=O) groups is 3. The minimum Gasteiger partial charge on any atom is -0.351 e. The van der Waals surface area contributed by atoms with Gasteiger partial charge >= 0.3 is 0 Å². The zero-order valence-electron chi connectivity index (χ0n) is 21.6. The van der Waals surface area contributed by atoms with Gasteiger partial charge in [-0.2, -0.15) is 0 Å². The zero-order chi connectivity index (χ0) is 26.1. The Morgan fingerprint density at radius 2 is 1.97 bits per heavy atom. The molecule has 0 radical (unpaired) electrons. The van der Waals surface area contributed by atoms with Crippen molar-refractivity contribution >= 4 is 45.5 Å². The van der Waals surface area contributed by atoms with E-state index in [1.165, 1.54) is 24.3 Å². The summed E-state index contributed by atoms with van der Waals surface area (Å²) >= 11 is 1.57. The molecule has 3 rings (SSSR count). The highest BCUT2D eigenvalue weighted by Gasteiger charge is 2.28. The van der Waals surface area contributed by atoms with Crippen LogP contribution >= 0.6 is 11.3 Å². The van der Waals surface area contributed by atoms with E-state index in [-0.39, 0.29) is 30.2 Å². The molecule has 2 N–H and O–H groups in total. The Bertz CT molecular complexity index is 1100. The Morgan fingerprint density at radius 1 is 1.22 bits per heavy atom. The number of carbonyl (C=O) groups excluding carboxylic acids is 3. The summed E-state index contributed by atoms with van der Waals surface area (Å²) in [6.07, 6.45) is 8.80. The van der Waals surface area contributed by atoms with Crippen molar-refractivity contribution in [1.29, 1.82) is 0 Å². The van der Waals surface area contributed by atoms with E-state index >= 15 is 0 Å². The van der Waals surface area contributed by atoms with E-state index in [1.54, 1.807) is 18.3 Å². The maximum absolute atomic E-state index is 13.5. The monoisotopic (exact) mass is 510 g/mol. The lowest BCUT2D eigenvalue weighted by atomic mass is 9.83. The molecule has 0 aliphatic heterocycles. The van der Waals surface area contributed by atoms with Gasteiger partial charge in [0, 0.05) is 31.6 Å². The number of nitrogens with one attached hydrogen (secondary N) is 2. The molecule has 7 nitrogen and oxygen atoms in total. The molecule has 3 amide bonds. The fourth-order valence-corrected chi connectivity index (χ4v) is 5.62. The van der Waals surface area contributed by atoms with Crippen LogP contribution in [-0.4, -0.2) is 41.5 Å². The minimum absolute atomic E-state index is 0.191. The topological polar surface area (TPSA) is 101 Å². The summed E-state index contributed by atoms with van der Waals surface area (Å²) in [6, 6.07) is 6.08. The van der Waals surface area contributed by atoms with Crippen LogP contribution in [0.3, 0.4) is 0 Å². The van der Waals surface area contributed by atoms with Gasteiger partial charge in [-0.15, -0.1) is 11.3 Å². The average molecular weight is 511 g/mol. The first-order valence-electron chi connectivity index (χ1n) is 13.0. The number of benzene rings is 1. The molecule has 1 saturated carbocycles. The number of hydrogen-bond donors (Lipinski definition) is 2. The highest BCUT2D eigenvalue weighted by atomic mass is 32.1. The molecular weight excluding hydrogens is 472 g/mol. The fraction of sp³-hybridized carbons (Fsp3) is 0.536. The van der Waals surface area contributed by atoms with Crippen LogP contribution in [0.25, 0.3) is 10.2 Å². The highest BCUT2D eigenvalue weighted by Crippen LogP contribution is 2.29. The van der Waals surface area contributed by atoms with Crippen LogP contribution in [0, 0.1) is 11.8 Å². The molecule has 36 heavy (non-hydrogen) atoms. The van der Waals surface area contributed by atoms with E-state index in [1.807, 2.05) is 6.07 Å². The molecule has 2 atom stereocenters. The summed E-state index contributed by atoms with van der Waals surface area (Å²) in [4.78, 5) is 46.0. The molecule has 2 aromatic rings. The molecule has 1 heterocycles. The van der Waals surface area contributed by atoms with Crippen LogP contribution in [0.4, 0.5) is 0 Å². The standard InChI is InChI=1S/C28H38N4O3S/c1-5-25(33)29-16-21(15-27-31-22-13-12-20(18(3)4)14-24(22)36-27)28(35)32-23(17-30-26(34)6-2)19-10-8-7-9-11-19/h6,12-14,16,18-19,21,23H,2,5,7-11,15,17H2,1,3-4H3,(H,30,34)(H,32,35)/t21?,23-/m1/s1. The minimum atomic E-state index is -0.633. The van der Waals surface area contributed by atoms with Crippen LogP contribution in [0.5, 0.6) is 0 Å². The van der Waals surface area contributed by atoms with Crippen LogP contribution < -0.4 is 10.6 Å². The molecule has 0 saturated heterocycles. The highest BCUT2D eigenvalue weighted by molar-refractivity contribution is 7.18. The van der Waals surface area contributed by atoms with E-state index in [2.05, 4.69) is 48.2 Å². The summed E-state index contributed by atoms with van der Waals surface area (Å²) < 4.78 is 1.09. The molecule has 1 fully saturated rings. The molecule has 194 valence electrons. The summed E-state index contributed by atoms with van der Waals surface area (Å²) in [5.74, 6) is -0.642. The molecule has 1 aliphatic rings. The maximum Gasteiger partial charge on any atom is 0.245 e. The van der Waals surface area contributed by atoms with E-state index in [9.17, 15) is 14.4 Å². The van der Waals surface area contributed by atoms with Crippen molar-refractivity contribution in [2.24, 2.45) is 16.8 Å². The number of amides is 3. The first-order chi connectivity index (χ1) is 17.3. The maximum atomic E-state index is 13.5. The quantitative estimate of drug-likeness (QED) is 0.330. The third kappa shape index (κ3) is 7.82. The molecule has 0 bridgehead atoms. The summed E-state index contributed by atoms with van der Waals surface area (Å²) in [6.45, 7) is 9.92. The van der Waals surface area contributed by atoms with Crippen molar-refractivity contribution < 1.29 is 14.4 Å². The molecule has 8 heteroatoms. The summed E-state index contributed by atoms with van der Waals surface area (Å²) in [5, 5.41) is 6.85. The predicted octanol–water partition coefficient (Wildman–Crippen LogP) is 4.95. The van der Waals surface area contributed by atoms with Gasteiger partial charge in [0.2, 0.25) is 17.7 Å². The first-order valence-corrected chi connectivity index (χ1v) is 13.8. The van der Waals surface area contributed by atoms with Crippen molar-refractivity contribution in [3.8, 4) is 0 Å². The Kier molecular flexibility index (Phi) is 10.3. The van der Waals surface area contributed by atoms with Crippen molar-refractivity contribution in [3.63, 3.8) is 0 Å². The van der Waals surface area contributed by atoms with Gasteiger partial charge in [0.25, 0.3) is 0 Å². The van der Waals surface area contributed by atoms with Gasteiger partial charge in [-0.1, -0.05) is 52.7 Å². The second kappa shape index (κ2) is 13.4. The number of aromatic nitrogens is 1. The summed E-state index contributed by atoms with van der Waals surface area (Å²) in [5.41, 5.74) is 2.16. The van der Waals surface area contributed by atoms with Gasteiger partial charge in [0.05, 0.1) is 21.1 Å². The number of hydrogen-bond acceptors (Lipinski definition) is 5. The largest absolute Gasteiger partial charge is 0.351 e. The molecular formula is C28H38N4O3S. The molecule has 1 aromatic heterocycles. The lowest BCUT2D eigenvalue weighted by molar-refractivity contribution is -0.124. The van der Waals surface area contributed by atoms with Gasteiger partial charge in [-0.25, -0.2) is 9.98 Å². The van der Waals surface area contributed by atoms with Gasteiger partial charge in [-0.3, -0.25) is 14.4 Å². The number of aliphatic imine (C=N–C) groups is 1. The van der Waals surface area contributed by atoms with E-state index in [0.717, 1.165) is 40.9 Å². The number of rotatable bonds is 11. The first kappa shape index (κ1) is 27.7. The van der Waals surface area contributed by atoms with Crippen LogP contribution in [-0.2, 0) is 20.8 Å². The molecule has 1 aliphatic carbocycles. The zero-order valence-corrected chi connectivity index (χ0v) is 22.4. The Morgan fingerprint density at radius 3 is 2.64 bits per heavy atom. The van der Waals surface area contributed by atoms with Crippen molar-refractivity contribution in [2.45, 2.75) is 77.7 Å². The van der Waals surface area contributed by atoms with Gasteiger partial charge in [0.15, 0.2) is 0 Å². The Balaban J connectivity index is 1.81. The normalized spacial score (nSPS) is 16.2. The van der Waals surface area contributed by atoms with Crippen molar-refractivity contribution in [2.75, 3.05) is 6.54 Å². The van der Waals surface area contributed by atoms with Crippen LogP contribution in [0.2, 0.25) is 0 Å². The van der Waals surface area contributed by atoms with Crippen LogP contribution in [0.15, 0.2) is 35.8 Å². The second-order valence-corrected chi connectivity index (χ2v) is 10.9. The third-order valence-corrected chi connectivity index (χ3v) is 7.82. The smallest absolute Gasteiger partial charge is 0.245 e. The number of thiazole rings is 1. The number of fused-ring (bicyclic) bond motifs is 1. The third-order valence-electron chi connectivity index (χ3n) is 6.78. The summed E-state index contributed by atoms with van der Waals surface area (Å²) in [7, 11) is 0. The average Bonchev–Trinajstić information content (AvgIpc) is 3.30. The molecule has 1 aromatic carbocycles. The van der Waals surface area contributed by atoms with Gasteiger partial charge in [-0.05, 0) is 48.4 Å². The number of nitrogens with zero attached hydrogens (tertiary/aromatic N) is 2. The van der Waals surface area contributed by atoms with E-state index in [4.69, 9.17) is 4.98 Å². The SMILES string of the molecule is C=CC(=O)NC[C@@H](NC(=O)C(C=NC(=O)CC)Cc1nc2ccc(C(C)C)cc2s1)C1CCCCC1. The lowest BCUT2D eigenvalue weighted by Crippen LogP contribution is -2.50. The van der Waals surface area contributed by atoms with Gasteiger partial charge in [0.1, 0.15) is 0 Å². The van der Waals surface area contributed by atoms with Gasteiger partial charge < -0.3 is 10.6 Å². The van der Waals surface area contributed by atoms with Crippen LogP contribution in [0.1, 0.15) is 75.8 Å². The van der Waals surface area contributed by atoms with E-state index in [0.29, 0.717) is 24.8 Å². The Hall–Kier alpha value is -2.87. The van der Waals surface area contributed by atoms with Crippen molar-refractivity contribution in [3.05, 3.63) is 41.4 Å². The molecule has 0 spiro atoms. The second-order valence-electron chi connectivity index (χ2n) is 9.79. The predicted molar refractivity (Wildman–Crippen MR) is 146 cm³/mol.